The van der Waals surface area contributed by atoms with E-state index >= 15 is 0 Å². The van der Waals surface area contributed by atoms with Gasteiger partial charge < -0.3 is 20.1 Å². The van der Waals surface area contributed by atoms with Crippen LogP contribution in [0.4, 0.5) is 13.2 Å². The Hall–Kier alpha value is -2.62. The number of para-hydroxylation sites is 1. The molecule has 0 aromatic heterocycles. The summed E-state index contributed by atoms with van der Waals surface area (Å²) in [6.07, 6.45) is -0.909. The van der Waals surface area contributed by atoms with E-state index in [1.807, 2.05) is 4.90 Å². The van der Waals surface area contributed by atoms with Gasteiger partial charge in [0.1, 0.15) is 24.4 Å². The van der Waals surface area contributed by atoms with Crippen molar-refractivity contribution in [2.24, 2.45) is 0 Å². The molecular weight excluding hydrogens is 423 g/mol. The largest absolute Gasteiger partial charge is 0.488 e. The zero-order valence-electron chi connectivity index (χ0n) is 17.9. The number of hydrogen-bond acceptors (Lipinski definition) is 5. The van der Waals surface area contributed by atoms with E-state index in [9.17, 15) is 23.1 Å². The van der Waals surface area contributed by atoms with E-state index in [2.05, 4.69) is 10.2 Å². The van der Waals surface area contributed by atoms with Crippen LogP contribution in [-0.2, 0) is 4.79 Å². The van der Waals surface area contributed by atoms with Crippen LogP contribution in [0.15, 0.2) is 42.5 Å². The van der Waals surface area contributed by atoms with Crippen LogP contribution in [0.3, 0.4) is 0 Å². The minimum absolute atomic E-state index is 0.00333. The molecule has 2 atom stereocenters. The minimum Gasteiger partial charge on any atom is -0.488 e. The molecule has 9 heteroatoms. The van der Waals surface area contributed by atoms with E-state index in [1.165, 1.54) is 31.2 Å². The Bertz CT molecular complexity index is 887. The Morgan fingerprint density at radius 3 is 2.38 bits per heavy atom. The number of carbonyl (C=O) groups is 1. The molecule has 0 spiro atoms. The average Bonchev–Trinajstić information content (AvgIpc) is 2.75. The third-order valence-electron chi connectivity index (χ3n) is 5.36. The van der Waals surface area contributed by atoms with E-state index in [4.69, 9.17) is 4.74 Å². The van der Waals surface area contributed by atoms with Crippen molar-refractivity contribution in [2.75, 3.05) is 39.3 Å². The van der Waals surface area contributed by atoms with Gasteiger partial charge in [0.05, 0.1) is 6.10 Å². The van der Waals surface area contributed by atoms with E-state index in [0.717, 1.165) is 6.07 Å². The van der Waals surface area contributed by atoms with Gasteiger partial charge in [-0.1, -0.05) is 12.1 Å². The highest BCUT2D eigenvalue weighted by atomic mass is 19.1. The molecule has 1 aliphatic rings. The zero-order chi connectivity index (χ0) is 23.1. The predicted molar refractivity (Wildman–Crippen MR) is 113 cm³/mol. The maximum Gasteiger partial charge on any atom is 0.218 e. The summed E-state index contributed by atoms with van der Waals surface area (Å²) in [4.78, 5) is 15.8. The first-order valence-corrected chi connectivity index (χ1v) is 10.6. The highest BCUT2D eigenvalue weighted by Crippen LogP contribution is 2.22. The molecule has 0 saturated carbocycles. The first kappa shape index (κ1) is 24.0. The summed E-state index contributed by atoms with van der Waals surface area (Å²) < 4.78 is 46.3. The number of ether oxygens (including phenoxy) is 1. The number of nitrogens with one attached hydrogen (secondary N) is 1. The van der Waals surface area contributed by atoms with Crippen LogP contribution in [0, 0.1) is 17.5 Å². The molecule has 1 fully saturated rings. The second-order valence-electron chi connectivity index (χ2n) is 7.87. The second-order valence-corrected chi connectivity index (χ2v) is 7.87. The Morgan fingerprint density at radius 2 is 1.75 bits per heavy atom. The van der Waals surface area contributed by atoms with E-state index < -0.39 is 29.7 Å². The number of piperazine rings is 1. The lowest BCUT2D eigenvalue weighted by Gasteiger charge is -2.39. The van der Waals surface area contributed by atoms with Crippen LogP contribution in [-0.4, -0.2) is 66.2 Å². The Kier molecular flexibility index (Phi) is 8.49. The lowest BCUT2D eigenvalue weighted by molar-refractivity contribution is -0.121. The van der Waals surface area contributed by atoms with Gasteiger partial charge in [0.2, 0.25) is 5.91 Å². The van der Waals surface area contributed by atoms with Gasteiger partial charge in [0, 0.05) is 45.7 Å². The minimum atomic E-state index is -0.741. The van der Waals surface area contributed by atoms with Crippen molar-refractivity contribution in [3.8, 4) is 5.75 Å². The van der Waals surface area contributed by atoms with E-state index in [0.29, 0.717) is 44.7 Å². The van der Waals surface area contributed by atoms with Crippen molar-refractivity contribution < 1.29 is 27.8 Å². The van der Waals surface area contributed by atoms with Crippen LogP contribution in [0.2, 0.25) is 0 Å². The van der Waals surface area contributed by atoms with Gasteiger partial charge in [-0.3, -0.25) is 9.69 Å². The van der Waals surface area contributed by atoms with Crippen LogP contribution >= 0.6 is 0 Å². The number of hydrogen-bond donors (Lipinski definition) is 2. The third kappa shape index (κ3) is 6.94. The Labute approximate surface area is 185 Å². The zero-order valence-corrected chi connectivity index (χ0v) is 17.9. The maximum absolute atomic E-state index is 13.7. The van der Waals surface area contributed by atoms with Gasteiger partial charge in [-0.25, -0.2) is 13.2 Å². The summed E-state index contributed by atoms with van der Waals surface area (Å²) in [5.41, 5.74) is 0.354. The molecule has 1 saturated heterocycles. The molecular formula is C23H28F3N3O3. The van der Waals surface area contributed by atoms with Crippen molar-refractivity contribution in [2.45, 2.75) is 25.6 Å². The molecule has 1 aliphatic heterocycles. The predicted octanol–water partition coefficient (Wildman–Crippen LogP) is 2.69. The molecule has 32 heavy (non-hydrogen) atoms. The molecule has 0 bridgehead atoms. The lowest BCUT2D eigenvalue weighted by atomic mass is 10.1. The number of aliphatic hydroxyl groups excluding tert-OH is 1. The van der Waals surface area contributed by atoms with Gasteiger partial charge in [-0.05, 0) is 36.2 Å². The van der Waals surface area contributed by atoms with Gasteiger partial charge in [0.15, 0.2) is 11.6 Å². The van der Waals surface area contributed by atoms with Crippen molar-refractivity contribution in [3.63, 3.8) is 0 Å². The highest BCUT2D eigenvalue weighted by molar-refractivity contribution is 5.73. The SMILES string of the molecule is CC(=O)N[C@H](c1cc(F)cc(F)c1)N1CCN(CC[C@@H](O)COc2ccccc2F)CC1. The molecule has 3 rings (SSSR count). The smallest absolute Gasteiger partial charge is 0.218 e. The summed E-state index contributed by atoms with van der Waals surface area (Å²) in [7, 11) is 0. The molecule has 1 heterocycles. The molecule has 6 nitrogen and oxygen atoms in total. The fourth-order valence-corrected chi connectivity index (χ4v) is 3.72. The standard InChI is InChI=1S/C23H28F3N3O3/c1-16(30)27-23(17-12-18(24)14-19(25)13-17)29-10-8-28(9-11-29)7-6-20(31)15-32-22-5-3-2-4-21(22)26/h2-5,12-14,20,23,31H,6-11,15H2,1H3,(H,27,30)/t20-,23+/m1/s1. The molecule has 174 valence electrons. The topological polar surface area (TPSA) is 65.0 Å². The third-order valence-corrected chi connectivity index (χ3v) is 5.36. The molecule has 1 amide bonds. The van der Waals surface area contributed by atoms with Crippen molar-refractivity contribution in [3.05, 3.63) is 65.5 Å². The molecule has 2 aromatic carbocycles. The second kappa shape index (κ2) is 11.3. The van der Waals surface area contributed by atoms with Crippen LogP contribution in [0.1, 0.15) is 25.1 Å². The Morgan fingerprint density at radius 1 is 1.09 bits per heavy atom. The molecule has 0 radical (unpaired) electrons. The summed E-state index contributed by atoms with van der Waals surface area (Å²) in [6.45, 7) is 4.45. The Balaban J connectivity index is 1.48. The summed E-state index contributed by atoms with van der Waals surface area (Å²) in [5.74, 6) is -2.04. The van der Waals surface area contributed by atoms with Gasteiger partial charge in [-0.2, -0.15) is 0 Å². The lowest BCUT2D eigenvalue weighted by Crippen LogP contribution is -2.51. The summed E-state index contributed by atoms with van der Waals surface area (Å²) in [6, 6.07) is 9.29. The van der Waals surface area contributed by atoms with Crippen molar-refractivity contribution >= 4 is 5.91 Å². The monoisotopic (exact) mass is 451 g/mol. The average molecular weight is 451 g/mol. The normalized spacial score (nSPS) is 17.0. The van der Waals surface area contributed by atoms with Gasteiger partial charge in [-0.15, -0.1) is 0 Å². The number of aliphatic hydroxyl groups is 1. The quantitative estimate of drug-likeness (QED) is 0.614. The number of benzene rings is 2. The van der Waals surface area contributed by atoms with E-state index in [-0.39, 0.29) is 18.3 Å². The van der Waals surface area contributed by atoms with Crippen LogP contribution in [0.25, 0.3) is 0 Å². The van der Waals surface area contributed by atoms with Crippen LogP contribution < -0.4 is 10.1 Å². The number of amides is 1. The maximum atomic E-state index is 13.7. The highest BCUT2D eigenvalue weighted by Gasteiger charge is 2.26. The summed E-state index contributed by atoms with van der Waals surface area (Å²) >= 11 is 0. The first-order chi connectivity index (χ1) is 15.3. The fraction of sp³-hybridized carbons (Fsp3) is 0.435. The van der Waals surface area contributed by atoms with Crippen molar-refractivity contribution in [1.82, 2.24) is 15.1 Å². The molecule has 0 aliphatic carbocycles. The van der Waals surface area contributed by atoms with Crippen LogP contribution in [0.5, 0.6) is 5.75 Å². The summed E-state index contributed by atoms with van der Waals surface area (Å²) in [5, 5.41) is 12.9. The molecule has 2 N–H and O–H groups in total. The molecule has 0 unspecified atom stereocenters. The van der Waals surface area contributed by atoms with Gasteiger partial charge >= 0.3 is 0 Å². The molecule has 2 aromatic rings. The van der Waals surface area contributed by atoms with Gasteiger partial charge in [0.25, 0.3) is 0 Å². The van der Waals surface area contributed by atoms with E-state index in [1.54, 1.807) is 12.1 Å². The number of rotatable bonds is 9. The number of carbonyl (C=O) groups excluding carboxylic acids is 1. The first-order valence-electron chi connectivity index (χ1n) is 10.6. The van der Waals surface area contributed by atoms with Crippen molar-refractivity contribution in [1.29, 1.82) is 0 Å². The fourth-order valence-electron chi connectivity index (χ4n) is 3.72. The number of halogens is 3. The number of nitrogens with zero attached hydrogens (tertiary/aromatic N) is 2.